The van der Waals surface area contributed by atoms with Gasteiger partial charge >= 0.3 is 6.18 Å². The molecule has 0 saturated heterocycles. The molecule has 4 rings (SSSR count). The molecule has 0 fully saturated rings. The van der Waals surface area contributed by atoms with Gasteiger partial charge in [-0.05, 0) is 23.2 Å². The third kappa shape index (κ3) is 4.13. The molecular weight excluding hydrogens is 421 g/mol. The summed E-state index contributed by atoms with van der Waals surface area (Å²) in [5, 5.41) is 6.75. The number of rotatable bonds is 5. The number of halogens is 4. The van der Waals surface area contributed by atoms with Crippen molar-refractivity contribution in [1.29, 1.82) is 0 Å². The summed E-state index contributed by atoms with van der Waals surface area (Å²) < 4.78 is 45.7. The molecule has 0 radical (unpaired) electrons. The topological polar surface area (TPSA) is 81.5 Å². The fourth-order valence-electron chi connectivity index (χ4n) is 2.82. The summed E-state index contributed by atoms with van der Waals surface area (Å²) in [5.74, 6) is 0.501. The van der Waals surface area contributed by atoms with E-state index in [-0.39, 0.29) is 23.6 Å². The predicted molar refractivity (Wildman–Crippen MR) is 103 cm³/mol. The summed E-state index contributed by atoms with van der Waals surface area (Å²) in [6.45, 7) is 0.170. The number of nitrogens with one attached hydrogen (secondary N) is 1. The molecule has 0 unspecified atom stereocenters. The van der Waals surface area contributed by atoms with Crippen LogP contribution < -0.4 is 4.74 Å². The zero-order valence-electron chi connectivity index (χ0n) is 15.5. The first-order valence-corrected chi connectivity index (χ1v) is 9.04. The maximum atomic E-state index is 12.9. The van der Waals surface area contributed by atoms with Crippen LogP contribution in [0.2, 0.25) is 5.28 Å². The molecule has 0 amide bonds. The number of ether oxygens (including phenoxy) is 1. The monoisotopic (exact) mass is 434 g/mol. The SMILES string of the molecule is Cn1cc(C(F)(F)F)nc1-c1ccc(COc2nc(Cl)ncc2-c2ccn[nH]2)cc1. The van der Waals surface area contributed by atoms with Crippen LogP contribution in [0.4, 0.5) is 13.2 Å². The van der Waals surface area contributed by atoms with E-state index >= 15 is 0 Å². The summed E-state index contributed by atoms with van der Waals surface area (Å²) in [5.41, 5.74) is 1.68. The smallest absolute Gasteiger partial charge is 0.434 e. The Kier molecular flexibility index (Phi) is 5.17. The van der Waals surface area contributed by atoms with Crippen molar-refractivity contribution < 1.29 is 17.9 Å². The summed E-state index contributed by atoms with van der Waals surface area (Å²) in [6, 6.07) is 8.61. The number of imidazole rings is 1. The van der Waals surface area contributed by atoms with Gasteiger partial charge in [-0.1, -0.05) is 24.3 Å². The first-order valence-electron chi connectivity index (χ1n) is 8.66. The van der Waals surface area contributed by atoms with E-state index in [1.54, 1.807) is 36.5 Å². The molecule has 4 aromatic rings. The van der Waals surface area contributed by atoms with Crippen LogP contribution in [0.5, 0.6) is 5.88 Å². The lowest BCUT2D eigenvalue weighted by Crippen LogP contribution is -2.04. The number of aryl methyl sites for hydroxylation is 1. The van der Waals surface area contributed by atoms with E-state index < -0.39 is 11.9 Å². The van der Waals surface area contributed by atoms with Crippen molar-refractivity contribution in [2.45, 2.75) is 12.8 Å². The molecule has 0 aliphatic carbocycles. The first-order chi connectivity index (χ1) is 14.3. The molecule has 0 aliphatic rings. The number of alkyl halides is 3. The van der Waals surface area contributed by atoms with Crippen molar-refractivity contribution in [3.63, 3.8) is 0 Å². The average molecular weight is 435 g/mol. The number of benzene rings is 1. The Morgan fingerprint density at radius 3 is 2.53 bits per heavy atom. The molecule has 3 aromatic heterocycles. The van der Waals surface area contributed by atoms with Gasteiger partial charge in [0.25, 0.3) is 0 Å². The number of aromatic nitrogens is 6. The van der Waals surface area contributed by atoms with Crippen molar-refractivity contribution in [2.24, 2.45) is 7.05 Å². The minimum absolute atomic E-state index is 0.0406. The first kappa shape index (κ1) is 19.9. The minimum Gasteiger partial charge on any atom is -0.472 e. The lowest BCUT2D eigenvalue weighted by atomic mass is 10.1. The van der Waals surface area contributed by atoms with E-state index in [1.165, 1.54) is 17.8 Å². The van der Waals surface area contributed by atoms with Crippen LogP contribution in [-0.2, 0) is 19.8 Å². The highest BCUT2D eigenvalue weighted by Gasteiger charge is 2.34. The molecule has 3 heterocycles. The molecule has 11 heteroatoms. The number of nitrogens with zero attached hydrogens (tertiary/aromatic N) is 5. The van der Waals surface area contributed by atoms with Crippen molar-refractivity contribution in [2.75, 3.05) is 0 Å². The molecule has 1 N–H and O–H groups in total. The number of aromatic amines is 1. The van der Waals surface area contributed by atoms with E-state index in [9.17, 15) is 13.2 Å². The maximum Gasteiger partial charge on any atom is 0.434 e. The zero-order valence-corrected chi connectivity index (χ0v) is 16.2. The van der Waals surface area contributed by atoms with Crippen molar-refractivity contribution in [3.8, 4) is 28.5 Å². The van der Waals surface area contributed by atoms with Gasteiger partial charge in [-0.2, -0.15) is 23.3 Å². The van der Waals surface area contributed by atoms with E-state index in [0.29, 0.717) is 16.8 Å². The predicted octanol–water partition coefficient (Wildman–Crippen LogP) is 4.52. The van der Waals surface area contributed by atoms with Crippen molar-refractivity contribution in [1.82, 2.24) is 29.7 Å². The van der Waals surface area contributed by atoms with Crippen molar-refractivity contribution >= 4 is 11.6 Å². The minimum atomic E-state index is -4.49. The highest BCUT2D eigenvalue weighted by molar-refractivity contribution is 6.28. The zero-order chi connectivity index (χ0) is 21.3. The van der Waals surface area contributed by atoms with Gasteiger partial charge in [-0.3, -0.25) is 5.10 Å². The Morgan fingerprint density at radius 2 is 1.90 bits per heavy atom. The molecule has 0 saturated carbocycles. The quantitative estimate of drug-likeness (QED) is 0.467. The van der Waals surface area contributed by atoms with Crippen LogP contribution in [0.25, 0.3) is 22.6 Å². The molecule has 7 nitrogen and oxygen atoms in total. The van der Waals surface area contributed by atoms with Gasteiger partial charge in [-0.25, -0.2) is 9.97 Å². The largest absolute Gasteiger partial charge is 0.472 e. The summed E-state index contributed by atoms with van der Waals surface area (Å²) in [7, 11) is 1.52. The van der Waals surface area contributed by atoms with Crippen LogP contribution in [0, 0.1) is 0 Å². The Morgan fingerprint density at radius 1 is 1.13 bits per heavy atom. The summed E-state index contributed by atoms with van der Waals surface area (Å²) in [4.78, 5) is 11.8. The molecule has 154 valence electrons. The molecule has 0 bridgehead atoms. The second kappa shape index (κ2) is 7.79. The van der Waals surface area contributed by atoms with Crippen molar-refractivity contribution in [3.05, 3.63) is 65.5 Å². The van der Waals surface area contributed by atoms with E-state index in [4.69, 9.17) is 16.3 Å². The molecule has 0 spiro atoms. The highest BCUT2D eigenvalue weighted by atomic mass is 35.5. The molecule has 1 aromatic carbocycles. The maximum absolute atomic E-state index is 12.9. The third-order valence-electron chi connectivity index (χ3n) is 4.27. The van der Waals surface area contributed by atoms with Gasteiger partial charge in [-0.15, -0.1) is 0 Å². The number of hydrogen-bond donors (Lipinski definition) is 1. The molecule has 30 heavy (non-hydrogen) atoms. The van der Waals surface area contributed by atoms with Gasteiger partial charge in [0, 0.05) is 31.2 Å². The van der Waals surface area contributed by atoms with Crippen LogP contribution in [0.15, 0.2) is 48.9 Å². The standard InChI is InChI=1S/C19H14ClF3N6O/c1-29-9-15(19(21,22)23)26-16(29)12-4-2-11(3-5-12)10-30-17-13(8-24-18(20)27-17)14-6-7-25-28-14/h2-9H,10H2,1H3,(H,25,28). The van der Waals surface area contributed by atoms with Crippen LogP contribution in [-0.4, -0.2) is 29.7 Å². The van der Waals surface area contributed by atoms with E-state index in [0.717, 1.165) is 11.8 Å². The number of hydrogen-bond acceptors (Lipinski definition) is 5. The fraction of sp³-hybridized carbons (Fsp3) is 0.158. The van der Waals surface area contributed by atoms with Crippen LogP contribution >= 0.6 is 11.6 Å². The van der Waals surface area contributed by atoms with Crippen LogP contribution in [0.3, 0.4) is 0 Å². The second-order valence-corrected chi connectivity index (χ2v) is 6.71. The van der Waals surface area contributed by atoms with Gasteiger partial charge in [0.2, 0.25) is 11.2 Å². The summed E-state index contributed by atoms with van der Waals surface area (Å²) in [6.07, 6.45) is -0.411. The Balaban J connectivity index is 1.52. The lowest BCUT2D eigenvalue weighted by molar-refractivity contribution is -0.140. The number of H-pyrrole nitrogens is 1. The molecule has 0 atom stereocenters. The second-order valence-electron chi connectivity index (χ2n) is 6.37. The van der Waals surface area contributed by atoms with Gasteiger partial charge < -0.3 is 9.30 Å². The Hall–Kier alpha value is -3.40. The van der Waals surface area contributed by atoms with E-state index in [2.05, 4.69) is 25.1 Å². The average Bonchev–Trinajstić information content (AvgIpc) is 3.36. The normalized spacial score (nSPS) is 11.6. The highest BCUT2D eigenvalue weighted by Crippen LogP contribution is 2.31. The molecule has 0 aliphatic heterocycles. The Labute approximate surface area is 173 Å². The third-order valence-corrected chi connectivity index (χ3v) is 4.45. The summed E-state index contributed by atoms with van der Waals surface area (Å²) >= 11 is 5.88. The lowest BCUT2D eigenvalue weighted by Gasteiger charge is -2.10. The van der Waals surface area contributed by atoms with E-state index in [1.807, 2.05) is 0 Å². The van der Waals surface area contributed by atoms with Gasteiger partial charge in [0.1, 0.15) is 12.4 Å². The van der Waals surface area contributed by atoms with Gasteiger partial charge in [0.15, 0.2) is 5.69 Å². The fourth-order valence-corrected chi connectivity index (χ4v) is 2.95. The van der Waals surface area contributed by atoms with Gasteiger partial charge in [0.05, 0.1) is 11.3 Å². The van der Waals surface area contributed by atoms with Crippen LogP contribution in [0.1, 0.15) is 11.3 Å². The Bertz CT molecular complexity index is 1160. The molecular formula is C19H14ClF3N6O.